The van der Waals surface area contributed by atoms with Crippen LogP contribution < -0.4 is 5.32 Å². The van der Waals surface area contributed by atoms with Gasteiger partial charge in [0.05, 0.1) is 6.61 Å². The van der Waals surface area contributed by atoms with Crippen LogP contribution in [0.15, 0.2) is 6.07 Å². The normalized spacial score (nSPS) is 16.5. The van der Waals surface area contributed by atoms with Crippen LogP contribution in [0.4, 0.5) is 0 Å². The highest BCUT2D eigenvalue weighted by Gasteiger charge is 2.11. The fourth-order valence-electron chi connectivity index (χ4n) is 1.39. The molecule has 0 aliphatic carbocycles. The molecule has 0 saturated heterocycles. The summed E-state index contributed by atoms with van der Waals surface area (Å²) in [6.07, 6.45) is 1.12. The zero-order valence-electron chi connectivity index (χ0n) is 6.26. The Labute approximate surface area is 69.9 Å². The number of thiophene rings is 1. The van der Waals surface area contributed by atoms with Crippen molar-refractivity contribution in [2.45, 2.75) is 19.6 Å². The van der Waals surface area contributed by atoms with Gasteiger partial charge in [-0.1, -0.05) is 0 Å². The summed E-state index contributed by atoms with van der Waals surface area (Å²) in [7, 11) is 0. The van der Waals surface area contributed by atoms with Crippen molar-refractivity contribution < 1.29 is 5.11 Å². The zero-order chi connectivity index (χ0) is 7.68. The van der Waals surface area contributed by atoms with Gasteiger partial charge in [0.25, 0.3) is 0 Å². The van der Waals surface area contributed by atoms with Crippen molar-refractivity contribution in [3.8, 4) is 0 Å². The van der Waals surface area contributed by atoms with Crippen molar-refractivity contribution in [2.75, 3.05) is 6.54 Å². The van der Waals surface area contributed by atoms with Crippen LogP contribution in [0, 0.1) is 0 Å². The Morgan fingerprint density at radius 2 is 2.55 bits per heavy atom. The highest BCUT2D eigenvalue weighted by molar-refractivity contribution is 7.12. The maximum Gasteiger partial charge on any atom is 0.0774 e. The number of hydrogen-bond donors (Lipinski definition) is 2. The Bertz CT molecular complexity index is 233. The number of fused-ring (bicyclic) bond motifs is 1. The quantitative estimate of drug-likeness (QED) is 0.654. The Kier molecular flexibility index (Phi) is 1.94. The van der Waals surface area contributed by atoms with Gasteiger partial charge < -0.3 is 10.4 Å². The lowest BCUT2D eigenvalue weighted by molar-refractivity contribution is 0.285. The van der Waals surface area contributed by atoms with Gasteiger partial charge in [0, 0.05) is 22.8 Å². The van der Waals surface area contributed by atoms with Crippen molar-refractivity contribution in [3.63, 3.8) is 0 Å². The molecule has 0 bridgehead atoms. The summed E-state index contributed by atoms with van der Waals surface area (Å²) < 4.78 is 0. The first-order valence-electron chi connectivity index (χ1n) is 3.82. The first-order chi connectivity index (χ1) is 5.40. The van der Waals surface area contributed by atoms with Crippen molar-refractivity contribution in [1.29, 1.82) is 0 Å². The summed E-state index contributed by atoms with van der Waals surface area (Å²) in [5.74, 6) is 0. The number of hydrogen-bond acceptors (Lipinski definition) is 3. The van der Waals surface area contributed by atoms with Crippen LogP contribution in [-0.2, 0) is 19.6 Å². The number of aliphatic hydroxyl groups is 1. The maximum atomic E-state index is 8.88. The van der Waals surface area contributed by atoms with Gasteiger partial charge in [-0.3, -0.25) is 0 Å². The van der Waals surface area contributed by atoms with Crippen LogP contribution in [0.3, 0.4) is 0 Å². The van der Waals surface area contributed by atoms with E-state index in [4.69, 9.17) is 5.11 Å². The minimum atomic E-state index is 0.192. The monoisotopic (exact) mass is 169 g/mol. The van der Waals surface area contributed by atoms with Gasteiger partial charge in [-0.05, 0) is 18.1 Å². The standard InChI is InChI=1S/C8H11NOS/c10-5-7-3-6-4-9-2-1-8(6)11-7/h3,9-10H,1-2,4-5H2. The van der Waals surface area contributed by atoms with E-state index in [1.807, 2.05) is 0 Å². The van der Waals surface area contributed by atoms with E-state index in [0.29, 0.717) is 0 Å². The smallest absolute Gasteiger partial charge is 0.0774 e. The maximum absolute atomic E-state index is 8.88. The van der Waals surface area contributed by atoms with Crippen LogP contribution in [0.2, 0.25) is 0 Å². The molecule has 11 heavy (non-hydrogen) atoms. The second-order valence-electron chi connectivity index (χ2n) is 2.75. The van der Waals surface area contributed by atoms with Gasteiger partial charge in [0.2, 0.25) is 0 Å². The Morgan fingerprint density at radius 3 is 3.27 bits per heavy atom. The van der Waals surface area contributed by atoms with Crippen LogP contribution in [0.1, 0.15) is 15.3 Å². The summed E-state index contributed by atoms with van der Waals surface area (Å²) in [4.78, 5) is 2.55. The van der Waals surface area contributed by atoms with Gasteiger partial charge in [-0.15, -0.1) is 11.3 Å². The number of rotatable bonds is 1. The van der Waals surface area contributed by atoms with E-state index in [-0.39, 0.29) is 6.61 Å². The molecule has 3 heteroatoms. The lowest BCUT2D eigenvalue weighted by Crippen LogP contribution is -2.21. The van der Waals surface area contributed by atoms with Crippen molar-refractivity contribution in [2.24, 2.45) is 0 Å². The minimum absolute atomic E-state index is 0.192. The lowest BCUT2D eigenvalue weighted by atomic mass is 10.1. The molecular weight excluding hydrogens is 158 g/mol. The predicted molar refractivity (Wildman–Crippen MR) is 45.7 cm³/mol. The fraction of sp³-hybridized carbons (Fsp3) is 0.500. The van der Waals surface area contributed by atoms with Crippen LogP contribution in [0.25, 0.3) is 0 Å². The largest absolute Gasteiger partial charge is 0.391 e. The Morgan fingerprint density at radius 1 is 1.64 bits per heavy atom. The number of aliphatic hydroxyl groups excluding tert-OH is 1. The highest BCUT2D eigenvalue weighted by Crippen LogP contribution is 2.24. The third-order valence-electron chi connectivity index (χ3n) is 1.95. The Balaban J connectivity index is 2.32. The van der Waals surface area contributed by atoms with Crippen molar-refractivity contribution >= 4 is 11.3 Å². The summed E-state index contributed by atoms with van der Waals surface area (Å²) >= 11 is 1.75. The lowest BCUT2D eigenvalue weighted by Gasteiger charge is -2.10. The summed E-state index contributed by atoms with van der Waals surface area (Å²) in [6.45, 7) is 2.25. The fourth-order valence-corrected chi connectivity index (χ4v) is 2.44. The van der Waals surface area contributed by atoms with Gasteiger partial charge in [0.15, 0.2) is 0 Å². The predicted octanol–water partition coefficient (Wildman–Crippen LogP) is 0.886. The van der Waals surface area contributed by atoms with E-state index >= 15 is 0 Å². The number of nitrogens with one attached hydrogen (secondary N) is 1. The van der Waals surface area contributed by atoms with Crippen LogP contribution in [0.5, 0.6) is 0 Å². The highest BCUT2D eigenvalue weighted by atomic mass is 32.1. The molecule has 0 amide bonds. The molecule has 0 atom stereocenters. The molecule has 0 radical (unpaired) electrons. The van der Waals surface area contributed by atoms with E-state index < -0.39 is 0 Å². The molecule has 0 saturated carbocycles. The van der Waals surface area contributed by atoms with E-state index in [1.165, 1.54) is 10.4 Å². The molecule has 2 rings (SSSR count). The second-order valence-corrected chi connectivity index (χ2v) is 3.97. The molecule has 0 unspecified atom stereocenters. The summed E-state index contributed by atoms with van der Waals surface area (Å²) in [5, 5.41) is 12.2. The van der Waals surface area contributed by atoms with E-state index in [9.17, 15) is 0 Å². The molecule has 0 spiro atoms. The molecule has 1 aromatic heterocycles. The average Bonchev–Trinajstić information content (AvgIpc) is 2.46. The van der Waals surface area contributed by atoms with Gasteiger partial charge >= 0.3 is 0 Å². The second kappa shape index (κ2) is 2.93. The van der Waals surface area contributed by atoms with Gasteiger partial charge in [0.1, 0.15) is 0 Å². The summed E-state index contributed by atoms with van der Waals surface area (Å²) in [6, 6.07) is 2.10. The van der Waals surface area contributed by atoms with Gasteiger partial charge in [-0.2, -0.15) is 0 Å². The Hall–Kier alpha value is -0.380. The first kappa shape index (κ1) is 7.28. The molecule has 2 N–H and O–H groups in total. The third kappa shape index (κ3) is 1.31. The van der Waals surface area contributed by atoms with E-state index in [0.717, 1.165) is 24.4 Å². The first-order valence-corrected chi connectivity index (χ1v) is 4.64. The SMILES string of the molecule is OCc1cc2c(s1)CCNC2. The van der Waals surface area contributed by atoms with Crippen LogP contribution in [-0.4, -0.2) is 11.7 Å². The molecule has 2 nitrogen and oxygen atoms in total. The van der Waals surface area contributed by atoms with Crippen molar-refractivity contribution in [3.05, 3.63) is 21.4 Å². The van der Waals surface area contributed by atoms with E-state index in [2.05, 4.69) is 11.4 Å². The van der Waals surface area contributed by atoms with Crippen molar-refractivity contribution in [1.82, 2.24) is 5.32 Å². The molecule has 60 valence electrons. The van der Waals surface area contributed by atoms with Crippen LogP contribution >= 0.6 is 11.3 Å². The molecule has 1 aliphatic rings. The zero-order valence-corrected chi connectivity index (χ0v) is 7.08. The minimum Gasteiger partial charge on any atom is -0.391 e. The molecule has 1 aromatic rings. The average molecular weight is 169 g/mol. The molecule has 2 heterocycles. The molecule has 1 aliphatic heterocycles. The molecule has 0 fully saturated rings. The van der Waals surface area contributed by atoms with Gasteiger partial charge in [-0.25, -0.2) is 0 Å². The molecular formula is C8H11NOS. The third-order valence-corrected chi connectivity index (χ3v) is 3.17. The van der Waals surface area contributed by atoms with E-state index in [1.54, 1.807) is 11.3 Å². The topological polar surface area (TPSA) is 32.3 Å². The summed E-state index contributed by atoms with van der Waals surface area (Å²) in [5.41, 5.74) is 1.38. The molecule has 0 aromatic carbocycles.